The van der Waals surface area contributed by atoms with Crippen molar-refractivity contribution in [2.45, 2.75) is 12.5 Å². The molecule has 4 heteroatoms. The number of aliphatic hydroxyl groups is 1. The van der Waals surface area contributed by atoms with Gasteiger partial charge in [0.15, 0.2) is 0 Å². The van der Waals surface area contributed by atoms with Crippen molar-refractivity contribution in [3.63, 3.8) is 0 Å². The van der Waals surface area contributed by atoms with Crippen LogP contribution in [0.15, 0.2) is 53.1 Å². The molecule has 20 heavy (non-hydrogen) atoms. The minimum atomic E-state index is -1.15. The fraction of sp³-hybridized carbons (Fsp3) is 0.125. The fourth-order valence-electron chi connectivity index (χ4n) is 2.54. The number of benzene rings is 2. The molecule has 0 aliphatic heterocycles. The van der Waals surface area contributed by atoms with Crippen LogP contribution in [0.4, 0.5) is 0 Å². The van der Waals surface area contributed by atoms with Gasteiger partial charge in [0.2, 0.25) is 0 Å². The highest BCUT2D eigenvalue weighted by Crippen LogP contribution is 2.38. The molecule has 0 aliphatic rings. The molecule has 2 nitrogen and oxygen atoms in total. The molecule has 0 bridgehead atoms. The first-order chi connectivity index (χ1) is 9.50. The summed E-state index contributed by atoms with van der Waals surface area (Å²) in [5.74, 6) is 0. The molecule has 0 aliphatic carbocycles. The van der Waals surface area contributed by atoms with E-state index >= 15 is 0 Å². The van der Waals surface area contributed by atoms with Crippen LogP contribution in [0.2, 0.25) is 5.02 Å². The summed E-state index contributed by atoms with van der Waals surface area (Å²) in [6.07, 6.45) is 1.87. The predicted molar refractivity (Wildman–Crippen MR) is 86.1 cm³/mol. The van der Waals surface area contributed by atoms with Gasteiger partial charge in [0.05, 0.1) is 0 Å². The van der Waals surface area contributed by atoms with Crippen molar-refractivity contribution in [3.05, 3.63) is 69.3 Å². The Morgan fingerprint density at radius 1 is 1.15 bits per heavy atom. The van der Waals surface area contributed by atoms with Gasteiger partial charge < -0.3 is 10.1 Å². The molecular weight excluding hydrogens is 338 g/mol. The van der Waals surface area contributed by atoms with Gasteiger partial charge in [0.1, 0.15) is 5.60 Å². The van der Waals surface area contributed by atoms with Gasteiger partial charge in [-0.1, -0.05) is 45.7 Å². The van der Waals surface area contributed by atoms with E-state index in [-0.39, 0.29) is 0 Å². The average molecular weight is 351 g/mol. The second-order valence-corrected chi connectivity index (χ2v) is 6.26. The third kappa shape index (κ3) is 2.16. The lowest BCUT2D eigenvalue weighted by atomic mass is 9.86. The Morgan fingerprint density at radius 2 is 1.95 bits per heavy atom. The maximum atomic E-state index is 11.0. The number of halogens is 2. The zero-order valence-corrected chi connectivity index (χ0v) is 13.2. The number of nitrogens with one attached hydrogen (secondary N) is 1. The van der Waals surface area contributed by atoms with Crippen molar-refractivity contribution < 1.29 is 5.11 Å². The van der Waals surface area contributed by atoms with Crippen molar-refractivity contribution in [2.24, 2.45) is 0 Å². The van der Waals surface area contributed by atoms with Crippen molar-refractivity contribution in [1.82, 2.24) is 4.98 Å². The van der Waals surface area contributed by atoms with Crippen LogP contribution < -0.4 is 0 Å². The van der Waals surface area contributed by atoms with E-state index in [4.69, 9.17) is 11.6 Å². The Kier molecular flexibility index (Phi) is 3.36. The number of rotatable bonds is 2. The highest BCUT2D eigenvalue weighted by Gasteiger charge is 2.29. The number of fused-ring (bicyclic) bond motifs is 1. The normalized spacial score (nSPS) is 14.4. The lowest BCUT2D eigenvalue weighted by Gasteiger charge is -2.26. The Labute approximate surface area is 130 Å². The summed E-state index contributed by atoms with van der Waals surface area (Å²) in [4.78, 5) is 3.16. The summed E-state index contributed by atoms with van der Waals surface area (Å²) >= 11 is 9.67. The predicted octanol–water partition coefficient (Wildman–Crippen LogP) is 4.84. The zero-order chi connectivity index (χ0) is 14.3. The van der Waals surface area contributed by atoms with E-state index in [2.05, 4.69) is 20.9 Å². The molecule has 0 spiro atoms. The van der Waals surface area contributed by atoms with Gasteiger partial charge in [0, 0.05) is 32.2 Å². The Bertz CT molecular complexity index is 779. The Morgan fingerprint density at radius 3 is 2.70 bits per heavy atom. The van der Waals surface area contributed by atoms with Crippen LogP contribution in [0, 0.1) is 0 Å². The molecule has 2 aromatic carbocycles. The molecule has 0 fully saturated rings. The number of aromatic nitrogens is 1. The molecule has 3 aromatic rings. The minimum absolute atomic E-state index is 0.539. The lowest BCUT2D eigenvalue weighted by Crippen LogP contribution is -2.23. The summed E-state index contributed by atoms with van der Waals surface area (Å²) in [5, 5.41) is 12.6. The summed E-state index contributed by atoms with van der Waals surface area (Å²) in [5.41, 5.74) is 1.37. The molecule has 0 saturated carbocycles. The maximum Gasteiger partial charge on any atom is 0.114 e. The summed E-state index contributed by atoms with van der Waals surface area (Å²) in [6, 6.07) is 13.3. The molecule has 2 N–H and O–H groups in total. The van der Waals surface area contributed by atoms with Gasteiger partial charge >= 0.3 is 0 Å². The van der Waals surface area contributed by atoms with Gasteiger partial charge in [-0.05, 0) is 36.8 Å². The highest BCUT2D eigenvalue weighted by molar-refractivity contribution is 9.10. The number of hydrogen-bond acceptors (Lipinski definition) is 1. The van der Waals surface area contributed by atoms with E-state index in [1.807, 2.05) is 42.6 Å². The second kappa shape index (κ2) is 4.92. The number of H-pyrrole nitrogens is 1. The summed E-state index contributed by atoms with van der Waals surface area (Å²) in [7, 11) is 0. The molecule has 1 atom stereocenters. The molecule has 3 rings (SSSR count). The van der Waals surface area contributed by atoms with Crippen LogP contribution in [-0.4, -0.2) is 10.1 Å². The summed E-state index contributed by atoms with van der Waals surface area (Å²) < 4.78 is 0.891. The van der Waals surface area contributed by atoms with E-state index in [0.29, 0.717) is 10.6 Å². The fourth-order valence-corrected chi connectivity index (χ4v) is 3.40. The van der Waals surface area contributed by atoms with Crippen molar-refractivity contribution in [2.75, 3.05) is 0 Å². The number of hydrogen-bond donors (Lipinski definition) is 2. The first kappa shape index (κ1) is 13.7. The highest BCUT2D eigenvalue weighted by atomic mass is 79.9. The molecule has 0 radical (unpaired) electrons. The molecule has 0 saturated heterocycles. The number of aromatic amines is 1. The van der Waals surface area contributed by atoms with Crippen LogP contribution >= 0.6 is 27.5 Å². The van der Waals surface area contributed by atoms with Crippen LogP contribution in [0.3, 0.4) is 0 Å². The summed E-state index contributed by atoms with van der Waals surface area (Å²) in [6.45, 7) is 1.77. The van der Waals surface area contributed by atoms with E-state index < -0.39 is 5.60 Å². The van der Waals surface area contributed by atoms with Gasteiger partial charge in [-0.2, -0.15) is 0 Å². The first-order valence-corrected chi connectivity index (χ1v) is 7.42. The van der Waals surface area contributed by atoms with E-state index in [1.165, 1.54) is 0 Å². The van der Waals surface area contributed by atoms with Crippen molar-refractivity contribution in [1.29, 1.82) is 0 Å². The van der Waals surface area contributed by atoms with Gasteiger partial charge in [-0.3, -0.25) is 0 Å². The molecule has 0 amide bonds. The lowest BCUT2D eigenvalue weighted by molar-refractivity contribution is 0.104. The Hall–Kier alpha value is -1.29. The second-order valence-electron chi connectivity index (χ2n) is 4.94. The first-order valence-electron chi connectivity index (χ1n) is 6.24. The topological polar surface area (TPSA) is 36.0 Å². The van der Waals surface area contributed by atoms with E-state index in [0.717, 1.165) is 20.9 Å². The largest absolute Gasteiger partial charge is 0.381 e. The van der Waals surface area contributed by atoms with E-state index in [1.54, 1.807) is 13.0 Å². The molecule has 1 unspecified atom stereocenters. The molecule has 1 heterocycles. The van der Waals surface area contributed by atoms with Crippen LogP contribution in [0.1, 0.15) is 18.1 Å². The van der Waals surface area contributed by atoms with Crippen LogP contribution in [0.25, 0.3) is 10.9 Å². The van der Waals surface area contributed by atoms with Gasteiger partial charge in [-0.25, -0.2) is 0 Å². The monoisotopic (exact) mass is 349 g/mol. The Balaban J connectivity index is 2.23. The average Bonchev–Trinajstić information content (AvgIpc) is 2.85. The quantitative estimate of drug-likeness (QED) is 0.681. The minimum Gasteiger partial charge on any atom is -0.381 e. The van der Waals surface area contributed by atoms with Crippen LogP contribution in [-0.2, 0) is 5.60 Å². The standard InChI is InChI=1S/C16H13BrClNO/c1-16(20,13-6-5-10(17)9-14(13)18)12-3-2-4-15-11(12)7-8-19-15/h2-9,19-20H,1H3. The van der Waals surface area contributed by atoms with Gasteiger partial charge in [0.25, 0.3) is 0 Å². The smallest absolute Gasteiger partial charge is 0.114 e. The van der Waals surface area contributed by atoms with Gasteiger partial charge in [-0.15, -0.1) is 0 Å². The van der Waals surface area contributed by atoms with Crippen molar-refractivity contribution in [3.8, 4) is 0 Å². The maximum absolute atomic E-state index is 11.0. The van der Waals surface area contributed by atoms with E-state index in [9.17, 15) is 5.11 Å². The van der Waals surface area contributed by atoms with Crippen LogP contribution in [0.5, 0.6) is 0 Å². The molecule has 1 aromatic heterocycles. The third-order valence-corrected chi connectivity index (χ3v) is 4.38. The SMILES string of the molecule is CC(O)(c1ccc(Br)cc1Cl)c1cccc2[nH]ccc12. The zero-order valence-electron chi connectivity index (χ0n) is 10.8. The molecule has 102 valence electrons. The molecular formula is C16H13BrClNO. The third-order valence-electron chi connectivity index (χ3n) is 3.58. The van der Waals surface area contributed by atoms with Crippen molar-refractivity contribution >= 4 is 38.4 Å².